The Morgan fingerprint density at radius 3 is 2.47 bits per heavy atom. The Kier molecular flexibility index (Phi) is 5.07. The largest absolute Gasteiger partial charge is 0.342 e. The van der Waals surface area contributed by atoms with Gasteiger partial charge in [-0.25, -0.2) is 4.98 Å². The van der Waals surface area contributed by atoms with E-state index in [2.05, 4.69) is 19.4 Å². The molecule has 0 spiro atoms. The number of hydrogen-bond acceptors (Lipinski definition) is 3. The third-order valence-corrected chi connectivity index (χ3v) is 6.76. The van der Waals surface area contributed by atoms with E-state index in [9.17, 15) is 4.79 Å². The predicted octanol–water partition coefficient (Wildman–Crippen LogP) is 4.42. The number of pyridine rings is 1. The summed E-state index contributed by atoms with van der Waals surface area (Å²) in [7, 11) is 0. The number of halogens is 1. The summed E-state index contributed by atoms with van der Waals surface area (Å²) in [6.45, 7) is 2.31. The number of benzene rings is 1. The lowest BCUT2D eigenvalue weighted by atomic mass is 9.91. The number of piperidine rings is 1. The Labute approximate surface area is 181 Å². The van der Waals surface area contributed by atoms with Gasteiger partial charge in [0.05, 0.1) is 17.7 Å². The summed E-state index contributed by atoms with van der Waals surface area (Å²) in [4.78, 5) is 24.5. The number of rotatable bonds is 5. The Morgan fingerprint density at radius 1 is 1.03 bits per heavy atom. The first-order valence-corrected chi connectivity index (χ1v) is 11.0. The van der Waals surface area contributed by atoms with Crippen molar-refractivity contribution in [1.82, 2.24) is 19.4 Å². The monoisotopic (exact) mass is 420 g/mol. The number of aromatic nitrogens is 3. The van der Waals surface area contributed by atoms with Gasteiger partial charge in [-0.3, -0.25) is 9.78 Å². The van der Waals surface area contributed by atoms with Crippen molar-refractivity contribution in [1.29, 1.82) is 0 Å². The number of nitrogens with zero attached hydrogens (tertiary/aromatic N) is 4. The molecule has 1 aliphatic carbocycles. The fourth-order valence-corrected chi connectivity index (χ4v) is 4.77. The van der Waals surface area contributed by atoms with Gasteiger partial charge < -0.3 is 9.47 Å². The molecule has 3 heterocycles. The highest BCUT2D eigenvalue weighted by Crippen LogP contribution is 2.50. The normalized spacial score (nSPS) is 18.4. The van der Waals surface area contributed by atoms with Gasteiger partial charge in [-0.15, -0.1) is 0 Å². The first-order chi connectivity index (χ1) is 14.7. The molecule has 0 atom stereocenters. The number of amides is 1. The van der Waals surface area contributed by atoms with Crippen LogP contribution >= 0.6 is 11.6 Å². The molecule has 3 aromatic rings. The molecule has 0 N–H and O–H groups in total. The van der Waals surface area contributed by atoms with Gasteiger partial charge in [0.15, 0.2) is 0 Å². The molecule has 2 aromatic heterocycles. The zero-order valence-corrected chi connectivity index (χ0v) is 17.6. The van der Waals surface area contributed by atoms with Crippen LogP contribution in [0.4, 0.5) is 0 Å². The molecular weight excluding hydrogens is 396 g/mol. The molecule has 2 fully saturated rings. The number of carbonyl (C=O) groups is 1. The maximum Gasteiger partial charge on any atom is 0.233 e. The van der Waals surface area contributed by atoms with Crippen molar-refractivity contribution in [2.24, 2.45) is 0 Å². The molecular formula is C24H25ClN4O. The van der Waals surface area contributed by atoms with Crippen molar-refractivity contribution in [3.8, 4) is 0 Å². The lowest BCUT2D eigenvalue weighted by Crippen LogP contribution is -2.44. The maximum atomic E-state index is 13.3. The highest BCUT2D eigenvalue weighted by Gasteiger charge is 2.53. The lowest BCUT2D eigenvalue weighted by molar-refractivity contribution is -0.135. The minimum absolute atomic E-state index is 0.278. The van der Waals surface area contributed by atoms with E-state index in [0.717, 1.165) is 62.4 Å². The quantitative estimate of drug-likeness (QED) is 0.614. The molecule has 2 aliphatic rings. The van der Waals surface area contributed by atoms with E-state index in [4.69, 9.17) is 11.6 Å². The van der Waals surface area contributed by atoms with Crippen LogP contribution in [0.25, 0.3) is 0 Å². The molecule has 154 valence electrons. The molecule has 5 rings (SSSR count). The molecule has 1 saturated carbocycles. The van der Waals surface area contributed by atoms with Crippen molar-refractivity contribution < 1.29 is 4.79 Å². The van der Waals surface area contributed by atoms with Gasteiger partial charge in [0.2, 0.25) is 5.91 Å². The van der Waals surface area contributed by atoms with Gasteiger partial charge in [0.1, 0.15) is 5.82 Å². The van der Waals surface area contributed by atoms with Gasteiger partial charge in [-0.2, -0.15) is 0 Å². The average molecular weight is 421 g/mol. The second kappa shape index (κ2) is 7.88. The van der Waals surface area contributed by atoms with E-state index in [1.54, 1.807) is 0 Å². The fourth-order valence-electron chi connectivity index (χ4n) is 4.64. The number of carbonyl (C=O) groups excluding carboxylic acids is 1. The molecule has 1 amide bonds. The van der Waals surface area contributed by atoms with E-state index in [1.807, 2.05) is 61.1 Å². The summed E-state index contributed by atoms with van der Waals surface area (Å²) >= 11 is 6.03. The van der Waals surface area contributed by atoms with Crippen molar-refractivity contribution in [2.45, 2.75) is 43.6 Å². The smallest absolute Gasteiger partial charge is 0.233 e. The summed E-state index contributed by atoms with van der Waals surface area (Å²) in [5.74, 6) is 1.75. The maximum absolute atomic E-state index is 13.3. The highest BCUT2D eigenvalue weighted by atomic mass is 35.5. The van der Waals surface area contributed by atoms with Gasteiger partial charge in [-0.1, -0.05) is 29.8 Å². The van der Waals surface area contributed by atoms with Crippen molar-refractivity contribution in [3.63, 3.8) is 0 Å². The minimum Gasteiger partial charge on any atom is -0.342 e. The molecule has 0 unspecified atom stereocenters. The van der Waals surface area contributed by atoms with Crippen LogP contribution in [0.1, 0.15) is 48.7 Å². The van der Waals surface area contributed by atoms with Crippen LogP contribution in [0.3, 0.4) is 0 Å². The van der Waals surface area contributed by atoms with E-state index in [1.165, 1.54) is 0 Å². The number of hydrogen-bond donors (Lipinski definition) is 0. The average Bonchev–Trinajstić information content (AvgIpc) is 3.47. The van der Waals surface area contributed by atoms with Crippen LogP contribution in [0.2, 0.25) is 5.02 Å². The molecule has 1 aromatic carbocycles. The van der Waals surface area contributed by atoms with E-state index in [-0.39, 0.29) is 11.3 Å². The van der Waals surface area contributed by atoms with E-state index in [0.29, 0.717) is 10.9 Å². The lowest BCUT2D eigenvalue weighted by Gasteiger charge is -2.34. The molecule has 0 bridgehead atoms. The fraction of sp³-hybridized carbons (Fsp3) is 0.375. The standard InChI is InChI=1S/C24H25ClN4O/c25-20-6-4-19(5-7-20)24(10-11-24)23(30)28-14-8-18(9-15-28)22-27-13-16-29(22)17-21-3-1-2-12-26-21/h1-7,12-13,16,18H,8-11,14-15,17H2. The van der Waals surface area contributed by atoms with Crippen LogP contribution in [0.5, 0.6) is 0 Å². The Morgan fingerprint density at radius 2 is 1.80 bits per heavy atom. The van der Waals surface area contributed by atoms with Gasteiger partial charge in [0, 0.05) is 42.6 Å². The molecule has 1 saturated heterocycles. The molecule has 0 radical (unpaired) electrons. The van der Waals surface area contributed by atoms with Gasteiger partial charge in [0.25, 0.3) is 0 Å². The second-order valence-corrected chi connectivity index (χ2v) is 8.83. The summed E-state index contributed by atoms with van der Waals surface area (Å²) in [5, 5.41) is 0.712. The topological polar surface area (TPSA) is 51.0 Å². The Balaban J connectivity index is 1.25. The predicted molar refractivity (Wildman–Crippen MR) is 116 cm³/mol. The SMILES string of the molecule is O=C(N1CCC(c2nccn2Cc2ccccn2)CC1)C1(c2ccc(Cl)cc2)CC1. The van der Waals surface area contributed by atoms with Gasteiger partial charge >= 0.3 is 0 Å². The Hall–Kier alpha value is -2.66. The summed E-state index contributed by atoms with van der Waals surface area (Å²) < 4.78 is 2.20. The molecule has 6 heteroatoms. The van der Waals surface area contributed by atoms with Gasteiger partial charge in [-0.05, 0) is 55.5 Å². The summed E-state index contributed by atoms with van der Waals surface area (Å²) in [5.41, 5.74) is 1.81. The van der Waals surface area contributed by atoms with Crippen molar-refractivity contribution in [2.75, 3.05) is 13.1 Å². The van der Waals surface area contributed by atoms with Crippen LogP contribution in [0.15, 0.2) is 61.1 Å². The molecule has 5 nitrogen and oxygen atoms in total. The second-order valence-electron chi connectivity index (χ2n) is 8.39. The zero-order chi connectivity index (χ0) is 20.6. The Bertz CT molecular complexity index is 1020. The first-order valence-electron chi connectivity index (χ1n) is 10.6. The number of likely N-dealkylation sites (tertiary alicyclic amines) is 1. The van der Waals surface area contributed by atoms with Crippen molar-refractivity contribution >= 4 is 17.5 Å². The number of imidazole rings is 1. The van der Waals surface area contributed by atoms with E-state index < -0.39 is 0 Å². The first kappa shape index (κ1) is 19.3. The highest BCUT2D eigenvalue weighted by molar-refractivity contribution is 6.30. The summed E-state index contributed by atoms with van der Waals surface area (Å²) in [6, 6.07) is 13.8. The zero-order valence-electron chi connectivity index (χ0n) is 16.9. The van der Waals surface area contributed by atoms with E-state index >= 15 is 0 Å². The molecule has 30 heavy (non-hydrogen) atoms. The van der Waals surface area contributed by atoms with Crippen molar-refractivity contribution in [3.05, 3.63) is 83.2 Å². The minimum atomic E-state index is -0.325. The van der Waals surface area contributed by atoms with Crippen LogP contribution < -0.4 is 0 Å². The van der Waals surface area contributed by atoms with Crippen LogP contribution in [-0.4, -0.2) is 38.4 Å². The molecule has 1 aliphatic heterocycles. The van der Waals surface area contributed by atoms with Crippen LogP contribution in [0, 0.1) is 0 Å². The summed E-state index contributed by atoms with van der Waals surface area (Å²) in [6.07, 6.45) is 9.48. The van der Waals surface area contributed by atoms with Crippen LogP contribution in [-0.2, 0) is 16.8 Å². The third kappa shape index (κ3) is 3.63. The third-order valence-electron chi connectivity index (χ3n) is 6.51.